The number of nitrogens with one attached hydrogen (secondary N) is 2. The maximum Gasteiger partial charge on any atom is 0.407 e. The summed E-state index contributed by atoms with van der Waals surface area (Å²) in [6.07, 6.45) is 15.4. The number of halogens is 1. The van der Waals surface area contributed by atoms with Crippen LogP contribution in [0.4, 0.5) is 9.18 Å². The molecule has 3 aliphatic heterocycles. The molecule has 3 heterocycles. The highest BCUT2D eigenvalue weighted by Gasteiger charge is 2.39. The Balaban J connectivity index is 0.000000280. The number of amides is 4. The summed E-state index contributed by atoms with van der Waals surface area (Å²) in [4.78, 5) is 50.7. The summed E-state index contributed by atoms with van der Waals surface area (Å²) in [6, 6.07) is -0.457. The minimum atomic E-state index is -1.03. The first-order chi connectivity index (χ1) is 22.1. The zero-order valence-corrected chi connectivity index (χ0v) is 28.9. The molecule has 4 amide bonds. The van der Waals surface area contributed by atoms with E-state index in [0.29, 0.717) is 38.2 Å². The van der Waals surface area contributed by atoms with Crippen LogP contribution in [0.15, 0.2) is 48.2 Å². The molecule has 0 aromatic carbocycles. The molecule has 5 N–H and O–H groups in total. The Morgan fingerprint density at radius 1 is 1.13 bits per heavy atom. The zero-order valence-electron chi connectivity index (χ0n) is 28.9. The van der Waals surface area contributed by atoms with Gasteiger partial charge in [-0.3, -0.25) is 14.4 Å². The quantitative estimate of drug-likeness (QED) is 0.299. The number of nitrogens with two attached hydrogens (primary N) is 1. The highest BCUT2D eigenvalue weighted by molar-refractivity contribution is 5.94. The summed E-state index contributed by atoms with van der Waals surface area (Å²) < 4.78 is 18.6. The first kappa shape index (κ1) is 39.3. The summed E-state index contributed by atoms with van der Waals surface area (Å²) in [7, 11) is 1.79. The minimum absolute atomic E-state index is 0.0586. The predicted octanol–water partition coefficient (Wildman–Crippen LogP) is 5.30. The van der Waals surface area contributed by atoms with Crippen LogP contribution >= 0.6 is 0 Å². The number of allylic oxidation sites excluding steroid dienone is 2. The molecule has 0 aromatic rings. The molecule has 0 aromatic heterocycles. The summed E-state index contributed by atoms with van der Waals surface area (Å²) in [5, 5.41) is 14.5. The number of carboxylic acid groups (broad SMARTS) is 1. The molecular formula is C35H56FN5O6. The second-order valence-electron chi connectivity index (χ2n) is 13.7. The van der Waals surface area contributed by atoms with Crippen LogP contribution in [-0.4, -0.2) is 82.6 Å². The van der Waals surface area contributed by atoms with Crippen molar-refractivity contribution in [1.29, 1.82) is 0 Å². The molecule has 2 saturated heterocycles. The maximum absolute atomic E-state index is 13.3. The van der Waals surface area contributed by atoms with E-state index in [2.05, 4.69) is 17.2 Å². The van der Waals surface area contributed by atoms with Crippen LogP contribution in [0.1, 0.15) is 98.3 Å². The third kappa shape index (κ3) is 13.4. The van der Waals surface area contributed by atoms with Gasteiger partial charge in [-0.25, -0.2) is 9.18 Å². The molecule has 2 fully saturated rings. The van der Waals surface area contributed by atoms with Gasteiger partial charge in [-0.15, -0.1) is 0 Å². The van der Waals surface area contributed by atoms with Crippen molar-refractivity contribution in [3.05, 3.63) is 48.2 Å². The molecule has 4 rings (SSSR count). The van der Waals surface area contributed by atoms with E-state index in [1.54, 1.807) is 37.1 Å². The second kappa shape index (κ2) is 18.5. The SMILES string of the molecule is C=C(NC)OC(C)(C)C.CC1(C(N)=O)CCCCCCCCCC(=O)N2CCCC2C(=O)N1.O=C(O)N1CC2=CC(C1)C(F)=CC=C2. The maximum atomic E-state index is 13.3. The smallest absolute Gasteiger partial charge is 0.407 e. The number of rotatable bonds is 3. The summed E-state index contributed by atoms with van der Waals surface area (Å²) in [6.45, 7) is 12.5. The number of hydrogen-bond acceptors (Lipinski definition) is 6. The molecular weight excluding hydrogens is 605 g/mol. The Morgan fingerprint density at radius 3 is 2.34 bits per heavy atom. The van der Waals surface area contributed by atoms with Gasteiger partial charge >= 0.3 is 6.09 Å². The van der Waals surface area contributed by atoms with E-state index in [0.717, 1.165) is 56.9 Å². The lowest BCUT2D eigenvalue weighted by Crippen LogP contribution is -2.59. The Bertz CT molecular complexity index is 1210. The third-order valence-corrected chi connectivity index (χ3v) is 8.49. The normalized spacial score (nSPS) is 25.3. The van der Waals surface area contributed by atoms with Crippen LogP contribution in [0.3, 0.4) is 0 Å². The lowest BCUT2D eigenvalue weighted by molar-refractivity contribution is -0.140. The Morgan fingerprint density at radius 2 is 1.77 bits per heavy atom. The summed E-state index contributed by atoms with van der Waals surface area (Å²) in [5.74, 6) is -0.758. The largest absolute Gasteiger partial charge is 0.474 e. The number of carbonyl (C=O) groups is 4. The average molecular weight is 662 g/mol. The zero-order chi connectivity index (χ0) is 35.2. The van der Waals surface area contributed by atoms with Gasteiger partial charge in [-0.2, -0.15) is 0 Å². The van der Waals surface area contributed by atoms with Crippen molar-refractivity contribution in [2.45, 2.75) is 116 Å². The third-order valence-electron chi connectivity index (χ3n) is 8.49. The minimum Gasteiger partial charge on any atom is -0.474 e. The van der Waals surface area contributed by atoms with Crippen molar-refractivity contribution in [2.75, 3.05) is 26.7 Å². The van der Waals surface area contributed by atoms with E-state index in [9.17, 15) is 23.6 Å². The van der Waals surface area contributed by atoms with Gasteiger partial charge in [-0.05, 0) is 71.6 Å². The summed E-state index contributed by atoms with van der Waals surface area (Å²) in [5.41, 5.74) is 5.24. The fraction of sp³-hybridized carbons (Fsp3) is 0.657. The molecule has 3 atom stereocenters. The van der Waals surface area contributed by atoms with E-state index in [-0.39, 0.29) is 29.8 Å². The van der Waals surface area contributed by atoms with Gasteiger partial charge in [0.2, 0.25) is 17.7 Å². The second-order valence-corrected chi connectivity index (χ2v) is 13.7. The van der Waals surface area contributed by atoms with Crippen molar-refractivity contribution < 1.29 is 33.4 Å². The van der Waals surface area contributed by atoms with E-state index in [4.69, 9.17) is 15.6 Å². The molecule has 0 saturated carbocycles. The highest BCUT2D eigenvalue weighted by Crippen LogP contribution is 2.26. The van der Waals surface area contributed by atoms with E-state index < -0.39 is 29.5 Å². The number of hydrogen-bond donors (Lipinski definition) is 4. The average Bonchev–Trinajstić information content (AvgIpc) is 3.45. The molecule has 1 aliphatic carbocycles. The van der Waals surface area contributed by atoms with Crippen LogP contribution in [-0.2, 0) is 19.1 Å². The van der Waals surface area contributed by atoms with Gasteiger partial charge in [0.25, 0.3) is 0 Å². The fourth-order valence-electron chi connectivity index (χ4n) is 5.84. The topological polar surface area (TPSA) is 154 Å². The first-order valence-corrected chi connectivity index (χ1v) is 16.8. The van der Waals surface area contributed by atoms with Gasteiger partial charge in [0.1, 0.15) is 23.0 Å². The molecule has 12 heteroatoms. The predicted molar refractivity (Wildman–Crippen MR) is 181 cm³/mol. The van der Waals surface area contributed by atoms with Crippen molar-refractivity contribution in [1.82, 2.24) is 20.4 Å². The molecule has 3 unspecified atom stereocenters. The van der Waals surface area contributed by atoms with Crippen LogP contribution in [0.5, 0.6) is 0 Å². The van der Waals surface area contributed by atoms with E-state index in [1.807, 2.05) is 20.8 Å². The lowest BCUT2D eigenvalue weighted by atomic mass is 9.92. The fourth-order valence-corrected chi connectivity index (χ4v) is 5.84. The van der Waals surface area contributed by atoms with Crippen molar-refractivity contribution in [3.8, 4) is 0 Å². The van der Waals surface area contributed by atoms with Gasteiger partial charge in [0.05, 0.1) is 0 Å². The standard InChI is InChI=1S/C18H31N3O3.C10H10FNO2.C7H15NO/c1-18(17(19)24)12-8-6-4-2-3-5-7-11-15(22)21-13-9-10-14(21)16(23)20-18;11-9-3-1-2-7-4-8(9)6-12(5-7)10(13)14;1-6(8-5)9-7(2,3)4/h14H,2-13H2,1H3,(H2,19,24)(H,20,23);1-4,8H,5-6H2,(H,13,14);8H,1H2,2-5H3. The number of carbonyl (C=O) groups excluding carboxylic acids is 3. The number of nitrogens with zero attached hydrogens (tertiary/aromatic N) is 2. The van der Waals surface area contributed by atoms with E-state index >= 15 is 0 Å². The van der Waals surface area contributed by atoms with Crippen LogP contribution < -0.4 is 16.4 Å². The van der Waals surface area contributed by atoms with Gasteiger partial charge < -0.3 is 36.0 Å². The number of ether oxygens (including phenoxy) is 1. The van der Waals surface area contributed by atoms with Crippen molar-refractivity contribution >= 4 is 23.8 Å². The number of primary amides is 1. The van der Waals surface area contributed by atoms with E-state index in [1.165, 1.54) is 11.0 Å². The van der Waals surface area contributed by atoms with Crippen LogP contribution in [0.2, 0.25) is 0 Å². The van der Waals surface area contributed by atoms with Gasteiger partial charge in [-0.1, -0.05) is 56.8 Å². The van der Waals surface area contributed by atoms with Crippen LogP contribution in [0.25, 0.3) is 0 Å². The Labute approximate surface area is 279 Å². The Hall–Kier alpha value is -3.83. The molecule has 47 heavy (non-hydrogen) atoms. The molecule has 2 bridgehead atoms. The molecule has 0 spiro atoms. The lowest BCUT2D eigenvalue weighted by Gasteiger charge is -2.31. The van der Waals surface area contributed by atoms with Gasteiger partial charge in [0.15, 0.2) is 5.88 Å². The van der Waals surface area contributed by atoms with Crippen molar-refractivity contribution in [3.63, 3.8) is 0 Å². The number of fused-ring (bicyclic) bond motifs is 2. The monoisotopic (exact) mass is 661 g/mol. The summed E-state index contributed by atoms with van der Waals surface area (Å²) >= 11 is 0. The highest BCUT2D eigenvalue weighted by atomic mass is 19.1. The molecule has 0 radical (unpaired) electrons. The first-order valence-electron chi connectivity index (χ1n) is 16.8. The molecule has 11 nitrogen and oxygen atoms in total. The van der Waals surface area contributed by atoms with Crippen LogP contribution in [0, 0.1) is 5.92 Å². The Kier molecular flexibility index (Phi) is 15.5. The molecule has 264 valence electrons. The molecule has 4 aliphatic rings. The van der Waals surface area contributed by atoms with Crippen molar-refractivity contribution in [2.24, 2.45) is 11.7 Å². The van der Waals surface area contributed by atoms with Gasteiger partial charge in [0, 0.05) is 39.0 Å².